The van der Waals surface area contributed by atoms with Gasteiger partial charge in [-0.3, -0.25) is 9.36 Å². The maximum atomic E-state index is 12.8. The molecule has 5 nitrogen and oxygen atoms in total. The van der Waals surface area contributed by atoms with Crippen molar-refractivity contribution in [2.45, 2.75) is 43.6 Å². The number of hydrogen-bond acceptors (Lipinski definition) is 6. The van der Waals surface area contributed by atoms with Crippen LogP contribution in [-0.4, -0.2) is 26.2 Å². The molecule has 7 heteroatoms. The van der Waals surface area contributed by atoms with E-state index < -0.39 is 0 Å². The molecular formula is C18H21N3O2S2. The van der Waals surface area contributed by atoms with Gasteiger partial charge < -0.3 is 5.11 Å². The lowest BCUT2D eigenvalue weighted by atomic mass is 10.2. The van der Waals surface area contributed by atoms with E-state index in [-0.39, 0.29) is 12.2 Å². The number of thioether (sulfide) groups is 1. The molecule has 0 fully saturated rings. The zero-order valence-corrected chi connectivity index (χ0v) is 15.8. The first-order chi connectivity index (χ1) is 12.2. The molecule has 0 atom stereocenters. The van der Waals surface area contributed by atoms with E-state index in [9.17, 15) is 4.79 Å². The number of aliphatic hydroxyl groups is 1. The zero-order chi connectivity index (χ0) is 17.6. The quantitative estimate of drug-likeness (QED) is 0.482. The van der Waals surface area contributed by atoms with E-state index >= 15 is 0 Å². The topological polar surface area (TPSA) is 68.0 Å². The molecule has 0 aliphatic rings. The second-order valence-electron chi connectivity index (χ2n) is 5.72. The normalized spacial score (nSPS) is 11.3. The van der Waals surface area contributed by atoms with Crippen LogP contribution in [0.5, 0.6) is 0 Å². The minimum absolute atomic E-state index is 0.0495. The first-order valence-electron chi connectivity index (χ1n) is 8.39. The van der Waals surface area contributed by atoms with Gasteiger partial charge in [-0.15, -0.1) is 11.3 Å². The summed E-state index contributed by atoms with van der Waals surface area (Å²) in [6, 6.07) is 7.39. The van der Waals surface area contributed by atoms with Gasteiger partial charge in [-0.1, -0.05) is 30.8 Å². The van der Waals surface area contributed by atoms with Crippen LogP contribution in [0, 0.1) is 0 Å². The molecule has 3 rings (SSSR count). The Morgan fingerprint density at radius 2 is 2.12 bits per heavy atom. The molecule has 2 aromatic heterocycles. The molecule has 0 saturated heterocycles. The van der Waals surface area contributed by atoms with Crippen molar-refractivity contribution in [1.82, 2.24) is 14.5 Å². The molecule has 3 aromatic rings. The smallest absolute Gasteiger partial charge is 0.262 e. The molecule has 0 radical (unpaired) electrons. The van der Waals surface area contributed by atoms with Gasteiger partial charge in [0.1, 0.15) is 0 Å². The summed E-state index contributed by atoms with van der Waals surface area (Å²) >= 11 is 3.21. The number of aryl methyl sites for hydroxylation is 1. The molecule has 1 N–H and O–H groups in total. The van der Waals surface area contributed by atoms with Crippen LogP contribution >= 0.6 is 23.1 Å². The maximum absolute atomic E-state index is 12.8. The van der Waals surface area contributed by atoms with Crippen molar-refractivity contribution in [3.05, 3.63) is 50.7 Å². The Balaban J connectivity index is 1.88. The third-order valence-corrected chi connectivity index (χ3v) is 5.75. The highest BCUT2D eigenvalue weighted by Gasteiger charge is 2.12. The Labute approximate surface area is 154 Å². The first-order valence-corrected chi connectivity index (χ1v) is 10.3. The Hall–Kier alpha value is -1.70. The average Bonchev–Trinajstić information content (AvgIpc) is 3.07. The van der Waals surface area contributed by atoms with Crippen LogP contribution in [0.4, 0.5) is 0 Å². The van der Waals surface area contributed by atoms with Gasteiger partial charge in [-0.2, -0.15) is 0 Å². The number of rotatable bonds is 8. The van der Waals surface area contributed by atoms with E-state index in [0.717, 1.165) is 23.5 Å². The fraction of sp³-hybridized carbons (Fsp3) is 0.389. The van der Waals surface area contributed by atoms with Gasteiger partial charge >= 0.3 is 0 Å². The fourth-order valence-electron chi connectivity index (χ4n) is 2.57. The summed E-state index contributed by atoms with van der Waals surface area (Å²) in [7, 11) is 0. The van der Waals surface area contributed by atoms with Gasteiger partial charge in [0.25, 0.3) is 5.56 Å². The summed E-state index contributed by atoms with van der Waals surface area (Å²) < 4.78 is 1.67. The van der Waals surface area contributed by atoms with Crippen molar-refractivity contribution in [2.75, 3.05) is 6.61 Å². The van der Waals surface area contributed by atoms with Gasteiger partial charge in [0.2, 0.25) is 0 Å². The minimum Gasteiger partial charge on any atom is -0.396 e. The summed E-state index contributed by atoms with van der Waals surface area (Å²) in [5.74, 6) is 0.685. The molecule has 2 heterocycles. The number of nitrogens with zero attached hydrogens (tertiary/aromatic N) is 3. The van der Waals surface area contributed by atoms with E-state index in [1.54, 1.807) is 22.0 Å². The van der Waals surface area contributed by atoms with Crippen LogP contribution in [-0.2, 0) is 18.7 Å². The molecule has 132 valence electrons. The molecule has 0 aliphatic heterocycles. The summed E-state index contributed by atoms with van der Waals surface area (Å²) in [6.45, 7) is 2.66. The average molecular weight is 376 g/mol. The number of thiazole rings is 1. The first kappa shape index (κ1) is 18.1. The van der Waals surface area contributed by atoms with Crippen molar-refractivity contribution in [3.8, 4) is 0 Å². The summed E-state index contributed by atoms with van der Waals surface area (Å²) in [6.07, 6.45) is 2.63. The number of para-hydroxylation sites is 1. The molecule has 0 unspecified atom stereocenters. The molecule has 25 heavy (non-hydrogen) atoms. The molecule has 0 aliphatic carbocycles. The van der Waals surface area contributed by atoms with Gasteiger partial charge in [0.05, 0.1) is 21.6 Å². The maximum Gasteiger partial charge on any atom is 0.262 e. The molecule has 0 amide bonds. The third-order valence-electron chi connectivity index (χ3n) is 3.78. The van der Waals surface area contributed by atoms with Crippen LogP contribution in [0.25, 0.3) is 10.9 Å². The number of fused-ring (bicyclic) bond motifs is 1. The van der Waals surface area contributed by atoms with Crippen LogP contribution in [0.3, 0.4) is 0 Å². The Morgan fingerprint density at radius 1 is 1.28 bits per heavy atom. The lowest BCUT2D eigenvalue weighted by Crippen LogP contribution is -2.24. The molecule has 0 saturated carbocycles. The van der Waals surface area contributed by atoms with E-state index in [0.29, 0.717) is 34.8 Å². The summed E-state index contributed by atoms with van der Waals surface area (Å²) in [4.78, 5) is 22.1. The highest BCUT2D eigenvalue weighted by Crippen LogP contribution is 2.23. The van der Waals surface area contributed by atoms with Gasteiger partial charge in [0.15, 0.2) is 5.16 Å². The molecular weight excluding hydrogens is 354 g/mol. The van der Waals surface area contributed by atoms with E-state index in [4.69, 9.17) is 5.11 Å². The largest absolute Gasteiger partial charge is 0.396 e. The highest BCUT2D eigenvalue weighted by molar-refractivity contribution is 7.98. The lowest BCUT2D eigenvalue weighted by molar-refractivity contribution is 0.276. The second-order valence-corrected chi connectivity index (χ2v) is 7.60. The third kappa shape index (κ3) is 4.29. The predicted octanol–water partition coefficient (Wildman–Crippen LogP) is 3.48. The predicted molar refractivity (Wildman–Crippen MR) is 103 cm³/mol. The fourth-order valence-corrected chi connectivity index (χ4v) is 4.49. The Morgan fingerprint density at radius 3 is 2.92 bits per heavy atom. The van der Waals surface area contributed by atoms with Crippen molar-refractivity contribution >= 4 is 34.0 Å². The van der Waals surface area contributed by atoms with Gasteiger partial charge in [-0.05, 0) is 31.4 Å². The van der Waals surface area contributed by atoms with Gasteiger partial charge in [-0.25, -0.2) is 9.97 Å². The molecule has 1 aromatic carbocycles. The number of benzene rings is 1. The van der Waals surface area contributed by atoms with E-state index in [2.05, 4.69) is 22.3 Å². The second kappa shape index (κ2) is 8.60. The highest BCUT2D eigenvalue weighted by atomic mass is 32.2. The van der Waals surface area contributed by atoms with Crippen molar-refractivity contribution < 1.29 is 5.11 Å². The van der Waals surface area contributed by atoms with Crippen molar-refractivity contribution in [2.24, 2.45) is 0 Å². The van der Waals surface area contributed by atoms with E-state index in [1.807, 2.05) is 18.2 Å². The number of hydrogen-bond donors (Lipinski definition) is 1. The van der Waals surface area contributed by atoms with Crippen LogP contribution in [0.1, 0.15) is 30.5 Å². The lowest BCUT2D eigenvalue weighted by Gasteiger charge is -2.12. The van der Waals surface area contributed by atoms with Crippen LogP contribution in [0.2, 0.25) is 0 Å². The zero-order valence-electron chi connectivity index (χ0n) is 14.1. The summed E-state index contributed by atoms with van der Waals surface area (Å²) in [5.41, 5.74) is 1.68. The monoisotopic (exact) mass is 375 g/mol. The van der Waals surface area contributed by atoms with E-state index in [1.165, 1.54) is 11.8 Å². The standard InChI is InChI=1S/C18H21N3O2S2/c1-2-6-16-19-13(11-24-16)12-25-18-20-15-8-4-3-7-14(15)17(23)21(18)9-5-10-22/h3-4,7-8,11,22H,2,5-6,9-10,12H2,1H3. The Bertz CT molecular complexity index is 905. The van der Waals surface area contributed by atoms with Crippen LogP contribution < -0.4 is 5.56 Å². The van der Waals surface area contributed by atoms with Crippen LogP contribution in [0.15, 0.2) is 39.6 Å². The minimum atomic E-state index is -0.0495. The number of aromatic nitrogens is 3. The van der Waals surface area contributed by atoms with Gasteiger partial charge in [0, 0.05) is 24.3 Å². The van der Waals surface area contributed by atoms with Crippen molar-refractivity contribution in [3.63, 3.8) is 0 Å². The Kier molecular flexibility index (Phi) is 6.23. The number of aliphatic hydroxyl groups excluding tert-OH is 1. The van der Waals surface area contributed by atoms with Crippen molar-refractivity contribution in [1.29, 1.82) is 0 Å². The molecule has 0 spiro atoms. The molecule has 0 bridgehead atoms. The summed E-state index contributed by atoms with van der Waals surface area (Å²) in [5, 5.41) is 13.7. The SMILES string of the molecule is CCCc1nc(CSc2nc3ccccc3c(=O)n2CCCO)cs1.